The number of benzene rings is 2. The molecule has 0 aromatic heterocycles. The zero-order valence-electron chi connectivity index (χ0n) is 13.4. The van der Waals surface area contributed by atoms with Crippen molar-refractivity contribution in [2.45, 2.75) is 19.1 Å². The van der Waals surface area contributed by atoms with Crippen LogP contribution in [-0.2, 0) is 4.74 Å². The van der Waals surface area contributed by atoms with Crippen molar-refractivity contribution < 1.29 is 19.4 Å². The van der Waals surface area contributed by atoms with Crippen LogP contribution in [0.5, 0.6) is 11.5 Å². The molecule has 0 aliphatic rings. The molecule has 5 heteroatoms. The number of carbonyl (C=O) groups is 1. The Morgan fingerprint density at radius 1 is 1.17 bits per heavy atom. The normalized spacial score (nSPS) is 13.2. The average molecular weight is 315 g/mol. The van der Waals surface area contributed by atoms with E-state index in [-0.39, 0.29) is 17.5 Å². The molecular weight excluding hydrogens is 294 g/mol. The van der Waals surface area contributed by atoms with Crippen LogP contribution in [-0.4, -0.2) is 31.3 Å². The van der Waals surface area contributed by atoms with E-state index in [2.05, 4.69) is 5.32 Å². The first-order valence-corrected chi connectivity index (χ1v) is 7.37. The second kappa shape index (κ2) is 7.65. The third-order valence-electron chi connectivity index (χ3n) is 3.69. The fraction of sp³-hybridized carbons (Fsp3) is 0.278. The molecule has 0 fully saturated rings. The molecule has 0 unspecified atom stereocenters. The molecule has 0 saturated carbocycles. The van der Waals surface area contributed by atoms with Crippen LogP contribution in [0.4, 0.5) is 0 Å². The van der Waals surface area contributed by atoms with Gasteiger partial charge in [-0.2, -0.15) is 0 Å². The Bertz CT molecular complexity index is 657. The fourth-order valence-electron chi connectivity index (χ4n) is 2.24. The van der Waals surface area contributed by atoms with Gasteiger partial charge in [-0.15, -0.1) is 0 Å². The van der Waals surface area contributed by atoms with Gasteiger partial charge in [-0.1, -0.05) is 30.3 Å². The first kappa shape index (κ1) is 16.8. The summed E-state index contributed by atoms with van der Waals surface area (Å²) in [6, 6.07) is 13.9. The van der Waals surface area contributed by atoms with Gasteiger partial charge in [0.25, 0.3) is 0 Å². The van der Waals surface area contributed by atoms with Crippen molar-refractivity contribution >= 4 is 5.97 Å². The first-order chi connectivity index (χ1) is 11.1. The molecule has 0 heterocycles. The summed E-state index contributed by atoms with van der Waals surface area (Å²) in [5.74, 6) is -0.260. The molecule has 2 rings (SSSR count). The van der Waals surface area contributed by atoms with Gasteiger partial charge >= 0.3 is 5.97 Å². The molecule has 0 amide bonds. The Labute approximate surface area is 135 Å². The summed E-state index contributed by atoms with van der Waals surface area (Å²) in [6.45, 7) is 1.95. The number of methoxy groups -OCH3 is 1. The number of hydrogen-bond acceptors (Lipinski definition) is 5. The molecule has 0 spiro atoms. The summed E-state index contributed by atoms with van der Waals surface area (Å²) < 4.78 is 10.7. The lowest BCUT2D eigenvalue weighted by Gasteiger charge is -2.24. The maximum Gasteiger partial charge on any atom is 0.338 e. The van der Waals surface area contributed by atoms with Gasteiger partial charge in [0.1, 0.15) is 6.10 Å². The maximum atomic E-state index is 12.4. The monoisotopic (exact) mass is 315 g/mol. The van der Waals surface area contributed by atoms with Crippen molar-refractivity contribution in [2.75, 3.05) is 14.2 Å². The van der Waals surface area contributed by atoms with Crippen molar-refractivity contribution in [3.05, 3.63) is 59.7 Å². The summed E-state index contributed by atoms with van der Waals surface area (Å²) in [6.07, 6.45) is -0.423. The number of phenolic OH excluding ortho intramolecular Hbond substituents is 1. The van der Waals surface area contributed by atoms with E-state index in [1.165, 1.54) is 25.3 Å². The molecule has 0 bridgehead atoms. The molecule has 0 radical (unpaired) electrons. The fourth-order valence-corrected chi connectivity index (χ4v) is 2.24. The van der Waals surface area contributed by atoms with Gasteiger partial charge in [0.05, 0.1) is 12.7 Å². The van der Waals surface area contributed by atoms with Gasteiger partial charge in [0.15, 0.2) is 11.5 Å². The predicted octanol–water partition coefficient (Wildman–Crippen LogP) is 2.91. The number of rotatable bonds is 6. The van der Waals surface area contributed by atoms with Gasteiger partial charge in [-0.3, -0.25) is 0 Å². The predicted molar refractivity (Wildman–Crippen MR) is 87.8 cm³/mol. The van der Waals surface area contributed by atoms with Crippen LogP contribution in [0.15, 0.2) is 48.5 Å². The Morgan fingerprint density at radius 3 is 2.48 bits per heavy atom. The van der Waals surface area contributed by atoms with E-state index in [0.29, 0.717) is 5.56 Å². The Balaban J connectivity index is 2.24. The molecule has 0 saturated heterocycles. The quantitative estimate of drug-likeness (QED) is 0.802. The minimum atomic E-state index is -0.473. The third kappa shape index (κ3) is 4.02. The van der Waals surface area contributed by atoms with Crippen molar-refractivity contribution in [3.8, 4) is 11.5 Å². The second-order valence-electron chi connectivity index (χ2n) is 5.20. The van der Waals surface area contributed by atoms with Gasteiger partial charge in [-0.25, -0.2) is 4.79 Å². The minimum absolute atomic E-state index is 0.0211. The third-order valence-corrected chi connectivity index (χ3v) is 3.69. The first-order valence-electron chi connectivity index (χ1n) is 7.37. The number of phenols is 1. The Hall–Kier alpha value is -2.53. The molecular formula is C18H21NO4. The molecule has 23 heavy (non-hydrogen) atoms. The number of esters is 1. The van der Waals surface area contributed by atoms with E-state index < -0.39 is 12.1 Å². The van der Waals surface area contributed by atoms with E-state index in [1.54, 1.807) is 0 Å². The Kier molecular flexibility index (Phi) is 5.60. The molecule has 2 atom stereocenters. The molecule has 2 aromatic carbocycles. The van der Waals surface area contributed by atoms with Crippen LogP contribution in [0.3, 0.4) is 0 Å². The van der Waals surface area contributed by atoms with Crippen LogP contribution in [0.2, 0.25) is 0 Å². The molecule has 5 nitrogen and oxygen atoms in total. The molecule has 0 aliphatic heterocycles. The largest absolute Gasteiger partial charge is 0.504 e. The smallest absolute Gasteiger partial charge is 0.338 e. The van der Waals surface area contributed by atoms with E-state index in [0.717, 1.165) is 5.56 Å². The molecule has 122 valence electrons. The highest BCUT2D eigenvalue weighted by Crippen LogP contribution is 2.28. The van der Waals surface area contributed by atoms with Crippen molar-refractivity contribution in [3.63, 3.8) is 0 Å². The van der Waals surface area contributed by atoms with Gasteiger partial charge in [0, 0.05) is 6.04 Å². The van der Waals surface area contributed by atoms with Crippen LogP contribution >= 0.6 is 0 Å². The van der Waals surface area contributed by atoms with Crippen LogP contribution < -0.4 is 10.1 Å². The van der Waals surface area contributed by atoms with Gasteiger partial charge in [0.2, 0.25) is 0 Å². The minimum Gasteiger partial charge on any atom is -0.504 e. The summed E-state index contributed by atoms with van der Waals surface area (Å²) in [7, 11) is 3.25. The SMILES string of the molecule is CN[C@H](C)[C@H](OC(=O)c1ccc(O)c(OC)c1)c1ccccc1. The van der Waals surface area contributed by atoms with E-state index in [1.807, 2.05) is 44.3 Å². The number of likely N-dealkylation sites (N-methyl/N-ethyl adjacent to an activating group) is 1. The zero-order valence-corrected chi connectivity index (χ0v) is 13.4. The van der Waals surface area contributed by atoms with Gasteiger partial charge < -0.3 is 19.9 Å². The Morgan fingerprint density at radius 2 is 1.87 bits per heavy atom. The highest BCUT2D eigenvalue weighted by molar-refractivity contribution is 5.90. The summed E-state index contributed by atoms with van der Waals surface area (Å²) >= 11 is 0. The van der Waals surface area contributed by atoms with E-state index in [9.17, 15) is 9.90 Å². The van der Waals surface area contributed by atoms with E-state index in [4.69, 9.17) is 9.47 Å². The summed E-state index contributed by atoms with van der Waals surface area (Å²) in [5.41, 5.74) is 1.23. The summed E-state index contributed by atoms with van der Waals surface area (Å²) in [5, 5.41) is 12.7. The molecule has 2 N–H and O–H groups in total. The maximum absolute atomic E-state index is 12.4. The summed E-state index contributed by atoms with van der Waals surface area (Å²) in [4.78, 5) is 12.4. The van der Waals surface area contributed by atoms with Crippen molar-refractivity contribution in [2.24, 2.45) is 0 Å². The number of ether oxygens (including phenoxy) is 2. The van der Waals surface area contributed by atoms with Crippen molar-refractivity contribution in [1.82, 2.24) is 5.32 Å². The lowest BCUT2D eigenvalue weighted by atomic mass is 10.0. The molecule has 0 aliphatic carbocycles. The standard InChI is InChI=1S/C18H21NO4/c1-12(19-2)17(13-7-5-4-6-8-13)23-18(21)14-9-10-15(20)16(11-14)22-3/h4-12,17,19-20H,1-3H3/t12-,17+/m1/s1. The van der Waals surface area contributed by atoms with Crippen LogP contribution in [0, 0.1) is 0 Å². The number of carbonyl (C=O) groups excluding carboxylic acids is 1. The zero-order chi connectivity index (χ0) is 16.8. The van der Waals surface area contributed by atoms with Crippen LogP contribution in [0.25, 0.3) is 0 Å². The highest BCUT2D eigenvalue weighted by atomic mass is 16.5. The number of hydrogen-bond donors (Lipinski definition) is 2. The van der Waals surface area contributed by atoms with Crippen molar-refractivity contribution in [1.29, 1.82) is 0 Å². The lowest BCUT2D eigenvalue weighted by Crippen LogP contribution is -2.32. The molecule has 2 aromatic rings. The number of aromatic hydroxyl groups is 1. The highest BCUT2D eigenvalue weighted by Gasteiger charge is 2.23. The van der Waals surface area contributed by atoms with E-state index >= 15 is 0 Å². The number of nitrogens with one attached hydrogen (secondary N) is 1. The van der Waals surface area contributed by atoms with Gasteiger partial charge in [-0.05, 0) is 37.7 Å². The topological polar surface area (TPSA) is 67.8 Å². The lowest BCUT2D eigenvalue weighted by molar-refractivity contribution is 0.0219. The van der Waals surface area contributed by atoms with Crippen LogP contribution in [0.1, 0.15) is 28.9 Å². The second-order valence-corrected chi connectivity index (χ2v) is 5.20. The average Bonchev–Trinajstić information content (AvgIpc) is 2.60.